The highest BCUT2D eigenvalue weighted by atomic mass is 16.5. The zero-order valence-electron chi connectivity index (χ0n) is 9.71. The third-order valence-corrected chi connectivity index (χ3v) is 1.90. The molecule has 1 aromatic heterocycles. The molecule has 1 aromatic rings. The minimum absolute atomic E-state index is 0.649. The van der Waals surface area contributed by atoms with E-state index in [9.17, 15) is 0 Å². The van der Waals surface area contributed by atoms with Gasteiger partial charge in [-0.3, -0.25) is 0 Å². The van der Waals surface area contributed by atoms with Crippen molar-refractivity contribution in [2.24, 2.45) is 0 Å². The van der Waals surface area contributed by atoms with Crippen molar-refractivity contribution in [3.8, 4) is 5.88 Å². The third kappa shape index (κ3) is 4.74. The first-order valence-electron chi connectivity index (χ1n) is 5.38. The molecule has 0 fully saturated rings. The van der Waals surface area contributed by atoms with Crippen molar-refractivity contribution < 1.29 is 4.74 Å². The number of aryl methyl sites for hydroxylation is 2. The lowest BCUT2D eigenvalue weighted by Gasteiger charge is -2.07. The maximum Gasteiger partial charge on any atom is 0.216 e. The van der Waals surface area contributed by atoms with Crippen LogP contribution in [0.5, 0.6) is 5.88 Å². The van der Waals surface area contributed by atoms with Gasteiger partial charge in [0.05, 0.1) is 0 Å². The summed E-state index contributed by atoms with van der Waals surface area (Å²) in [5.41, 5.74) is 0.944. The minimum Gasteiger partial charge on any atom is -0.476 e. The van der Waals surface area contributed by atoms with Crippen molar-refractivity contribution >= 4 is 0 Å². The highest BCUT2D eigenvalue weighted by Crippen LogP contribution is 2.07. The van der Waals surface area contributed by atoms with Gasteiger partial charge in [-0.2, -0.15) is 4.98 Å². The SMILES string of the molecule is CCCNCCOc1cc(C)nc(C)n1. The molecule has 0 aliphatic carbocycles. The van der Waals surface area contributed by atoms with Gasteiger partial charge in [0.25, 0.3) is 0 Å². The van der Waals surface area contributed by atoms with E-state index < -0.39 is 0 Å². The standard InChI is InChI=1S/C11H19N3O/c1-4-5-12-6-7-15-11-8-9(2)13-10(3)14-11/h8,12H,4-7H2,1-3H3. The summed E-state index contributed by atoms with van der Waals surface area (Å²) >= 11 is 0. The summed E-state index contributed by atoms with van der Waals surface area (Å²) in [6.07, 6.45) is 1.14. The van der Waals surface area contributed by atoms with E-state index in [1.54, 1.807) is 0 Å². The molecule has 0 atom stereocenters. The van der Waals surface area contributed by atoms with Crippen LogP contribution in [-0.4, -0.2) is 29.7 Å². The molecule has 0 aromatic carbocycles. The second kappa shape index (κ2) is 6.35. The molecule has 4 nitrogen and oxygen atoms in total. The second-order valence-corrected chi connectivity index (χ2v) is 3.49. The van der Waals surface area contributed by atoms with Crippen molar-refractivity contribution in [2.75, 3.05) is 19.7 Å². The van der Waals surface area contributed by atoms with Gasteiger partial charge in [-0.1, -0.05) is 6.92 Å². The Labute approximate surface area is 91.1 Å². The molecule has 0 bridgehead atoms. The van der Waals surface area contributed by atoms with Gasteiger partial charge in [0.15, 0.2) is 0 Å². The fourth-order valence-electron chi connectivity index (χ4n) is 1.29. The topological polar surface area (TPSA) is 47.0 Å². The summed E-state index contributed by atoms with van der Waals surface area (Å²) in [6.45, 7) is 8.49. The molecule has 0 spiro atoms. The lowest BCUT2D eigenvalue weighted by molar-refractivity contribution is 0.301. The fourth-order valence-corrected chi connectivity index (χ4v) is 1.29. The summed E-state index contributed by atoms with van der Waals surface area (Å²) in [7, 11) is 0. The van der Waals surface area contributed by atoms with E-state index >= 15 is 0 Å². The van der Waals surface area contributed by atoms with Crippen LogP contribution in [0.4, 0.5) is 0 Å². The number of ether oxygens (including phenoxy) is 1. The van der Waals surface area contributed by atoms with E-state index in [0.717, 1.165) is 31.0 Å². The van der Waals surface area contributed by atoms with Crippen LogP contribution in [0.25, 0.3) is 0 Å². The van der Waals surface area contributed by atoms with Gasteiger partial charge in [-0.25, -0.2) is 4.98 Å². The van der Waals surface area contributed by atoms with E-state index in [0.29, 0.717) is 12.5 Å². The van der Waals surface area contributed by atoms with Gasteiger partial charge in [-0.15, -0.1) is 0 Å². The number of nitrogens with one attached hydrogen (secondary N) is 1. The lowest BCUT2D eigenvalue weighted by Crippen LogP contribution is -2.21. The normalized spacial score (nSPS) is 10.3. The lowest BCUT2D eigenvalue weighted by atomic mass is 10.4. The second-order valence-electron chi connectivity index (χ2n) is 3.49. The van der Waals surface area contributed by atoms with Crippen LogP contribution in [0, 0.1) is 13.8 Å². The maximum absolute atomic E-state index is 5.50. The van der Waals surface area contributed by atoms with Crippen LogP contribution in [-0.2, 0) is 0 Å². The average Bonchev–Trinajstić information content (AvgIpc) is 2.16. The van der Waals surface area contributed by atoms with Crippen LogP contribution < -0.4 is 10.1 Å². The summed E-state index contributed by atoms with van der Waals surface area (Å²) in [6, 6.07) is 1.85. The first-order valence-corrected chi connectivity index (χ1v) is 5.38. The predicted molar refractivity (Wildman–Crippen MR) is 60.2 cm³/mol. The molecule has 84 valence electrons. The van der Waals surface area contributed by atoms with Gasteiger partial charge in [0.2, 0.25) is 5.88 Å². The van der Waals surface area contributed by atoms with Crippen LogP contribution in [0.3, 0.4) is 0 Å². The zero-order chi connectivity index (χ0) is 11.1. The van der Waals surface area contributed by atoms with Crippen molar-refractivity contribution in [1.82, 2.24) is 15.3 Å². The molecule has 0 unspecified atom stereocenters. The van der Waals surface area contributed by atoms with E-state index in [2.05, 4.69) is 22.2 Å². The van der Waals surface area contributed by atoms with Crippen molar-refractivity contribution in [2.45, 2.75) is 27.2 Å². The van der Waals surface area contributed by atoms with E-state index in [-0.39, 0.29) is 0 Å². The molecule has 0 amide bonds. The van der Waals surface area contributed by atoms with Gasteiger partial charge in [0.1, 0.15) is 12.4 Å². The third-order valence-electron chi connectivity index (χ3n) is 1.90. The first-order chi connectivity index (χ1) is 7.22. The smallest absolute Gasteiger partial charge is 0.216 e. The highest BCUT2D eigenvalue weighted by molar-refractivity contribution is 5.14. The van der Waals surface area contributed by atoms with E-state index in [4.69, 9.17) is 4.74 Å². The Balaban J connectivity index is 2.31. The molecule has 0 aliphatic heterocycles. The van der Waals surface area contributed by atoms with Crippen molar-refractivity contribution in [3.63, 3.8) is 0 Å². The summed E-state index contributed by atoms with van der Waals surface area (Å²) < 4.78 is 5.50. The molecule has 1 rings (SSSR count). The zero-order valence-corrected chi connectivity index (χ0v) is 9.71. The van der Waals surface area contributed by atoms with Gasteiger partial charge in [0, 0.05) is 18.3 Å². The van der Waals surface area contributed by atoms with Gasteiger partial charge < -0.3 is 10.1 Å². The Bertz CT molecular complexity index is 282. The Morgan fingerprint density at radius 2 is 2.07 bits per heavy atom. The molecule has 15 heavy (non-hydrogen) atoms. The van der Waals surface area contributed by atoms with E-state index in [1.165, 1.54) is 0 Å². The molecule has 1 heterocycles. The molecule has 1 N–H and O–H groups in total. The van der Waals surface area contributed by atoms with Gasteiger partial charge in [-0.05, 0) is 26.8 Å². The van der Waals surface area contributed by atoms with Crippen molar-refractivity contribution in [1.29, 1.82) is 0 Å². The van der Waals surface area contributed by atoms with Gasteiger partial charge >= 0.3 is 0 Å². The van der Waals surface area contributed by atoms with Crippen LogP contribution >= 0.6 is 0 Å². The first kappa shape index (κ1) is 11.9. The number of hydrogen-bond acceptors (Lipinski definition) is 4. The number of nitrogens with zero attached hydrogens (tertiary/aromatic N) is 2. The Hall–Kier alpha value is -1.16. The Kier molecular flexibility index (Phi) is 5.04. The Morgan fingerprint density at radius 3 is 2.73 bits per heavy atom. The average molecular weight is 209 g/mol. The maximum atomic E-state index is 5.50. The van der Waals surface area contributed by atoms with Crippen LogP contribution in [0.15, 0.2) is 6.07 Å². The number of hydrogen-bond donors (Lipinski definition) is 1. The number of rotatable bonds is 6. The monoisotopic (exact) mass is 209 g/mol. The minimum atomic E-state index is 0.649. The molecule has 0 saturated carbocycles. The quantitative estimate of drug-likeness (QED) is 0.721. The van der Waals surface area contributed by atoms with Crippen molar-refractivity contribution in [3.05, 3.63) is 17.6 Å². The van der Waals surface area contributed by atoms with Crippen LogP contribution in [0.2, 0.25) is 0 Å². The number of aromatic nitrogens is 2. The largest absolute Gasteiger partial charge is 0.476 e. The predicted octanol–water partition coefficient (Wildman–Crippen LogP) is 1.47. The molecular formula is C11H19N3O. The molecule has 0 radical (unpaired) electrons. The highest BCUT2D eigenvalue weighted by Gasteiger charge is 1.98. The summed E-state index contributed by atoms with van der Waals surface area (Å²) in [4.78, 5) is 8.38. The summed E-state index contributed by atoms with van der Waals surface area (Å²) in [5, 5.41) is 3.27. The van der Waals surface area contributed by atoms with E-state index in [1.807, 2.05) is 19.9 Å². The summed E-state index contributed by atoms with van der Waals surface area (Å²) in [5.74, 6) is 1.42. The van der Waals surface area contributed by atoms with Crippen LogP contribution in [0.1, 0.15) is 24.9 Å². The fraction of sp³-hybridized carbons (Fsp3) is 0.636. The molecular weight excluding hydrogens is 190 g/mol. The molecule has 0 saturated heterocycles. The molecule has 4 heteroatoms. The Morgan fingerprint density at radius 1 is 1.27 bits per heavy atom. The molecule has 0 aliphatic rings.